The predicted octanol–water partition coefficient (Wildman–Crippen LogP) is 3.79. The molecule has 0 radical (unpaired) electrons. The van der Waals surface area contributed by atoms with E-state index in [1.54, 1.807) is 43.7 Å². The lowest BCUT2D eigenvalue weighted by Crippen LogP contribution is -2.35. The first-order chi connectivity index (χ1) is 17.4. The molecule has 0 saturated heterocycles. The minimum absolute atomic E-state index is 0.126. The van der Waals surface area contributed by atoms with E-state index in [9.17, 15) is 9.59 Å². The van der Waals surface area contributed by atoms with Crippen molar-refractivity contribution >= 4 is 11.7 Å². The number of aryl methyl sites for hydroxylation is 1. The van der Waals surface area contributed by atoms with Crippen LogP contribution in [0.15, 0.2) is 90.0 Å². The van der Waals surface area contributed by atoms with Gasteiger partial charge in [-0.15, -0.1) is 0 Å². The number of rotatable bonds is 8. The number of carbonyl (C=O) groups is 1. The lowest BCUT2D eigenvalue weighted by atomic mass is 9.98. The molecule has 4 aromatic rings. The fraction of sp³-hybridized carbons (Fsp3) is 0.179. The molecule has 2 heterocycles. The molecule has 2 aromatic carbocycles. The molecule has 0 aliphatic rings. The molecule has 1 unspecified atom stereocenters. The van der Waals surface area contributed by atoms with Crippen LogP contribution in [0.25, 0.3) is 11.1 Å². The summed E-state index contributed by atoms with van der Waals surface area (Å²) in [6, 6.07) is 23.5. The molecular formula is C28H26N6O2. The van der Waals surface area contributed by atoms with Crippen LogP contribution in [0.4, 0.5) is 5.82 Å². The molecule has 8 nitrogen and oxygen atoms in total. The summed E-state index contributed by atoms with van der Waals surface area (Å²) in [5, 5.41) is 19.3. The molecule has 2 N–H and O–H groups in total. The molecule has 0 fully saturated rings. The zero-order valence-corrected chi connectivity index (χ0v) is 20.1. The minimum atomic E-state index is -0.588. The van der Waals surface area contributed by atoms with E-state index in [0.717, 1.165) is 16.7 Å². The third-order valence-corrected chi connectivity index (χ3v) is 5.95. The van der Waals surface area contributed by atoms with Crippen molar-refractivity contribution in [1.29, 1.82) is 5.26 Å². The maximum atomic E-state index is 13.3. The standard InChI is InChI=1S/C28H26N6O2/c1-19(21-10-8-20(15-29)9-11-21)16-31-27(22-6-4-3-5-7-22)28(36)33-25-13-12-23(17-30-25)24-14-26(35)34(2)32-18-24/h3-14,17-19,27,31H,16H2,1-2H3,(H,30,33,36)/t19-,27?/m1/s1. The number of aromatic nitrogens is 3. The average Bonchev–Trinajstić information content (AvgIpc) is 2.91. The van der Waals surface area contributed by atoms with Gasteiger partial charge in [0.1, 0.15) is 11.9 Å². The fourth-order valence-electron chi connectivity index (χ4n) is 3.77. The molecule has 2 atom stereocenters. The average molecular weight is 479 g/mol. The Kier molecular flexibility index (Phi) is 7.63. The SMILES string of the molecule is C[C@H](CNC(C(=O)Nc1ccc(-c2cnn(C)c(=O)c2)cn1)c1ccccc1)c1ccc(C#N)cc1. The largest absolute Gasteiger partial charge is 0.309 e. The lowest BCUT2D eigenvalue weighted by molar-refractivity contribution is -0.118. The van der Waals surface area contributed by atoms with Crippen molar-refractivity contribution in [3.8, 4) is 17.2 Å². The van der Waals surface area contributed by atoms with Crippen molar-refractivity contribution in [2.75, 3.05) is 11.9 Å². The van der Waals surface area contributed by atoms with Gasteiger partial charge in [-0.2, -0.15) is 10.4 Å². The Morgan fingerprint density at radius 2 is 1.75 bits per heavy atom. The molecule has 1 amide bonds. The van der Waals surface area contributed by atoms with Crippen LogP contribution in [-0.4, -0.2) is 27.2 Å². The van der Waals surface area contributed by atoms with Crippen LogP contribution in [0, 0.1) is 11.3 Å². The first kappa shape index (κ1) is 24.5. The second-order valence-electron chi connectivity index (χ2n) is 8.51. The first-order valence-electron chi connectivity index (χ1n) is 11.5. The Labute approximate surface area is 209 Å². The number of hydrogen-bond donors (Lipinski definition) is 2. The van der Waals surface area contributed by atoms with Crippen LogP contribution >= 0.6 is 0 Å². The van der Waals surface area contributed by atoms with Gasteiger partial charge in [0.25, 0.3) is 5.56 Å². The van der Waals surface area contributed by atoms with E-state index in [4.69, 9.17) is 5.26 Å². The summed E-state index contributed by atoms with van der Waals surface area (Å²) in [7, 11) is 1.59. The van der Waals surface area contributed by atoms with Crippen LogP contribution < -0.4 is 16.2 Å². The highest BCUT2D eigenvalue weighted by molar-refractivity contribution is 5.95. The molecule has 0 aliphatic heterocycles. The molecule has 180 valence electrons. The molecule has 36 heavy (non-hydrogen) atoms. The van der Waals surface area contributed by atoms with E-state index in [1.807, 2.05) is 42.5 Å². The Hall–Kier alpha value is -4.61. The zero-order chi connectivity index (χ0) is 25.5. The van der Waals surface area contributed by atoms with Gasteiger partial charge in [-0.05, 0) is 41.3 Å². The Morgan fingerprint density at radius 3 is 2.39 bits per heavy atom. The Bertz CT molecular complexity index is 1420. The lowest BCUT2D eigenvalue weighted by Gasteiger charge is -2.21. The van der Waals surface area contributed by atoms with Gasteiger partial charge in [0.15, 0.2) is 0 Å². The van der Waals surface area contributed by atoms with Crippen LogP contribution in [0.2, 0.25) is 0 Å². The predicted molar refractivity (Wildman–Crippen MR) is 138 cm³/mol. The van der Waals surface area contributed by atoms with E-state index < -0.39 is 6.04 Å². The van der Waals surface area contributed by atoms with Gasteiger partial charge in [-0.25, -0.2) is 9.67 Å². The monoisotopic (exact) mass is 478 g/mol. The number of amides is 1. The van der Waals surface area contributed by atoms with Gasteiger partial charge >= 0.3 is 0 Å². The quantitative estimate of drug-likeness (QED) is 0.398. The molecule has 2 aromatic heterocycles. The van der Waals surface area contributed by atoms with Crippen molar-refractivity contribution in [1.82, 2.24) is 20.1 Å². The number of carbonyl (C=O) groups excluding carboxylic acids is 1. The maximum Gasteiger partial charge on any atom is 0.267 e. The highest BCUT2D eigenvalue weighted by Crippen LogP contribution is 2.21. The van der Waals surface area contributed by atoms with Gasteiger partial charge < -0.3 is 10.6 Å². The van der Waals surface area contributed by atoms with Crippen molar-refractivity contribution in [3.05, 3.63) is 112 Å². The van der Waals surface area contributed by atoms with E-state index >= 15 is 0 Å². The number of benzene rings is 2. The molecular weight excluding hydrogens is 452 g/mol. The summed E-state index contributed by atoms with van der Waals surface area (Å²) in [6.45, 7) is 2.63. The van der Waals surface area contributed by atoms with Gasteiger partial charge in [0.05, 0.1) is 17.8 Å². The molecule has 0 bridgehead atoms. The van der Waals surface area contributed by atoms with Gasteiger partial charge in [-0.1, -0.05) is 49.4 Å². The summed E-state index contributed by atoms with van der Waals surface area (Å²) in [6.07, 6.45) is 3.20. The van der Waals surface area contributed by atoms with Crippen LogP contribution in [0.5, 0.6) is 0 Å². The highest BCUT2D eigenvalue weighted by atomic mass is 16.2. The van der Waals surface area contributed by atoms with Crippen molar-refractivity contribution in [2.45, 2.75) is 18.9 Å². The number of hydrogen-bond acceptors (Lipinski definition) is 6. The summed E-state index contributed by atoms with van der Waals surface area (Å²) in [5.74, 6) is 0.300. The normalized spacial score (nSPS) is 12.4. The van der Waals surface area contributed by atoms with Crippen molar-refractivity contribution < 1.29 is 4.79 Å². The molecule has 0 spiro atoms. The van der Waals surface area contributed by atoms with Crippen LogP contribution in [-0.2, 0) is 11.8 Å². The van der Waals surface area contributed by atoms with E-state index in [-0.39, 0.29) is 17.4 Å². The van der Waals surface area contributed by atoms with E-state index in [0.29, 0.717) is 23.5 Å². The topological polar surface area (TPSA) is 113 Å². The first-order valence-corrected chi connectivity index (χ1v) is 11.5. The van der Waals surface area contributed by atoms with Crippen LogP contribution in [0.3, 0.4) is 0 Å². The Balaban J connectivity index is 1.47. The summed E-state index contributed by atoms with van der Waals surface area (Å²) < 4.78 is 1.25. The number of nitrogens with zero attached hydrogens (tertiary/aromatic N) is 4. The smallest absolute Gasteiger partial charge is 0.267 e. The Morgan fingerprint density at radius 1 is 1.00 bits per heavy atom. The van der Waals surface area contributed by atoms with E-state index in [1.165, 1.54) is 10.7 Å². The summed E-state index contributed by atoms with van der Waals surface area (Å²) in [5.41, 5.74) is 3.71. The van der Waals surface area contributed by atoms with Gasteiger partial charge in [0.2, 0.25) is 5.91 Å². The minimum Gasteiger partial charge on any atom is -0.309 e. The molecule has 8 heteroatoms. The summed E-state index contributed by atoms with van der Waals surface area (Å²) in [4.78, 5) is 29.5. The van der Waals surface area contributed by atoms with Crippen molar-refractivity contribution in [2.24, 2.45) is 7.05 Å². The third-order valence-electron chi connectivity index (χ3n) is 5.95. The number of pyridine rings is 1. The van der Waals surface area contributed by atoms with Gasteiger partial charge in [0, 0.05) is 37.0 Å². The fourth-order valence-corrected chi connectivity index (χ4v) is 3.77. The maximum absolute atomic E-state index is 13.3. The third kappa shape index (κ3) is 5.90. The molecule has 0 saturated carbocycles. The number of nitriles is 1. The van der Waals surface area contributed by atoms with Gasteiger partial charge in [-0.3, -0.25) is 9.59 Å². The zero-order valence-electron chi connectivity index (χ0n) is 20.1. The van der Waals surface area contributed by atoms with E-state index in [2.05, 4.69) is 33.7 Å². The summed E-state index contributed by atoms with van der Waals surface area (Å²) >= 11 is 0. The number of nitrogens with one attached hydrogen (secondary N) is 2. The second-order valence-corrected chi connectivity index (χ2v) is 8.51. The highest BCUT2D eigenvalue weighted by Gasteiger charge is 2.22. The van der Waals surface area contributed by atoms with Crippen LogP contribution in [0.1, 0.15) is 35.6 Å². The van der Waals surface area contributed by atoms with Crippen molar-refractivity contribution in [3.63, 3.8) is 0 Å². The number of anilines is 1. The molecule has 0 aliphatic carbocycles. The molecule has 4 rings (SSSR count). The second kappa shape index (κ2) is 11.2.